The SMILES string of the molecule is CCCCO[C@@H](CO)c1ccc(OCc2ccccc2)c2[nH]c(=O)ccc12. The van der Waals surface area contributed by atoms with E-state index in [9.17, 15) is 9.90 Å². The number of hydrogen-bond donors (Lipinski definition) is 2. The molecule has 142 valence electrons. The van der Waals surface area contributed by atoms with E-state index in [1.165, 1.54) is 6.07 Å². The van der Waals surface area contributed by atoms with Crippen LogP contribution in [0.1, 0.15) is 37.0 Å². The maximum Gasteiger partial charge on any atom is 0.248 e. The van der Waals surface area contributed by atoms with Crippen LogP contribution in [-0.4, -0.2) is 23.3 Å². The zero-order chi connectivity index (χ0) is 19.1. The smallest absolute Gasteiger partial charge is 0.248 e. The first-order valence-electron chi connectivity index (χ1n) is 9.28. The number of aromatic amines is 1. The number of ether oxygens (including phenoxy) is 2. The fourth-order valence-electron chi connectivity index (χ4n) is 3.00. The summed E-state index contributed by atoms with van der Waals surface area (Å²) in [6, 6.07) is 16.8. The Morgan fingerprint density at radius 1 is 1.07 bits per heavy atom. The maximum atomic E-state index is 11.9. The number of aliphatic hydroxyl groups excluding tert-OH is 1. The van der Waals surface area contributed by atoms with E-state index in [1.54, 1.807) is 6.07 Å². The number of nitrogens with one attached hydrogen (secondary N) is 1. The highest BCUT2D eigenvalue weighted by atomic mass is 16.5. The minimum absolute atomic E-state index is 0.123. The molecule has 0 aliphatic heterocycles. The van der Waals surface area contributed by atoms with Crippen LogP contribution in [0.15, 0.2) is 59.4 Å². The largest absolute Gasteiger partial charge is 0.487 e. The monoisotopic (exact) mass is 367 g/mol. The summed E-state index contributed by atoms with van der Waals surface area (Å²) < 4.78 is 11.8. The lowest BCUT2D eigenvalue weighted by Gasteiger charge is -2.19. The van der Waals surface area contributed by atoms with Gasteiger partial charge >= 0.3 is 0 Å². The molecule has 5 heteroatoms. The Kier molecular flexibility index (Phi) is 6.63. The van der Waals surface area contributed by atoms with Gasteiger partial charge in [-0.1, -0.05) is 49.7 Å². The van der Waals surface area contributed by atoms with Crippen LogP contribution in [0.5, 0.6) is 5.75 Å². The number of rotatable bonds is 9. The van der Waals surface area contributed by atoms with Crippen molar-refractivity contribution in [3.63, 3.8) is 0 Å². The molecule has 3 aromatic rings. The molecule has 0 amide bonds. The molecule has 0 radical (unpaired) electrons. The van der Waals surface area contributed by atoms with E-state index in [1.807, 2.05) is 42.5 Å². The van der Waals surface area contributed by atoms with E-state index < -0.39 is 6.10 Å². The van der Waals surface area contributed by atoms with Gasteiger partial charge in [-0.15, -0.1) is 0 Å². The lowest BCUT2D eigenvalue weighted by Crippen LogP contribution is -2.12. The summed E-state index contributed by atoms with van der Waals surface area (Å²) in [5, 5.41) is 10.6. The lowest BCUT2D eigenvalue weighted by atomic mass is 10.0. The van der Waals surface area contributed by atoms with Crippen LogP contribution in [0.3, 0.4) is 0 Å². The number of fused-ring (bicyclic) bond motifs is 1. The van der Waals surface area contributed by atoms with Crippen LogP contribution < -0.4 is 10.3 Å². The maximum absolute atomic E-state index is 11.9. The van der Waals surface area contributed by atoms with E-state index in [2.05, 4.69) is 11.9 Å². The second-order valence-electron chi connectivity index (χ2n) is 6.43. The molecule has 0 saturated heterocycles. The third-order valence-corrected chi connectivity index (χ3v) is 4.46. The molecule has 0 bridgehead atoms. The Balaban J connectivity index is 1.92. The molecule has 1 heterocycles. The van der Waals surface area contributed by atoms with Crippen LogP contribution in [0.2, 0.25) is 0 Å². The van der Waals surface area contributed by atoms with Gasteiger partial charge in [0.25, 0.3) is 0 Å². The summed E-state index contributed by atoms with van der Waals surface area (Å²) in [4.78, 5) is 14.7. The number of pyridine rings is 1. The van der Waals surface area contributed by atoms with Crippen LogP contribution >= 0.6 is 0 Å². The zero-order valence-corrected chi connectivity index (χ0v) is 15.5. The number of hydrogen-bond acceptors (Lipinski definition) is 4. The Bertz CT molecular complexity index is 920. The topological polar surface area (TPSA) is 71.5 Å². The molecule has 5 nitrogen and oxygen atoms in total. The Labute approximate surface area is 158 Å². The fraction of sp³-hybridized carbons (Fsp3) is 0.318. The highest BCUT2D eigenvalue weighted by Crippen LogP contribution is 2.31. The number of benzene rings is 2. The quantitative estimate of drug-likeness (QED) is 0.562. The summed E-state index contributed by atoms with van der Waals surface area (Å²) in [6.07, 6.45) is 1.52. The average Bonchev–Trinajstić information content (AvgIpc) is 2.70. The standard InChI is InChI=1S/C22H25NO4/c1-2-3-13-26-20(14-24)17-9-11-19(22-18(17)10-12-21(25)23-22)27-15-16-7-5-4-6-8-16/h4-12,20,24H,2-3,13-15H2,1H3,(H,23,25)/t20-/m0/s1. The van der Waals surface area contributed by atoms with Gasteiger partial charge in [-0.3, -0.25) is 4.79 Å². The van der Waals surface area contributed by atoms with Crippen molar-refractivity contribution >= 4 is 10.9 Å². The molecular weight excluding hydrogens is 342 g/mol. The lowest BCUT2D eigenvalue weighted by molar-refractivity contribution is 0.0113. The van der Waals surface area contributed by atoms with E-state index in [-0.39, 0.29) is 12.2 Å². The van der Waals surface area contributed by atoms with Gasteiger partial charge in [0, 0.05) is 18.1 Å². The minimum atomic E-state index is -0.437. The summed E-state index contributed by atoms with van der Waals surface area (Å²) in [5.41, 5.74) is 2.31. The predicted molar refractivity (Wildman–Crippen MR) is 106 cm³/mol. The van der Waals surface area contributed by atoms with Gasteiger partial charge in [0.15, 0.2) is 0 Å². The molecule has 2 N–H and O–H groups in total. The van der Waals surface area contributed by atoms with Gasteiger partial charge in [-0.25, -0.2) is 0 Å². The van der Waals surface area contributed by atoms with Gasteiger partial charge in [0.2, 0.25) is 5.56 Å². The van der Waals surface area contributed by atoms with Crippen molar-refractivity contribution in [1.82, 2.24) is 4.98 Å². The summed E-state index contributed by atoms with van der Waals surface area (Å²) >= 11 is 0. The zero-order valence-electron chi connectivity index (χ0n) is 15.5. The molecule has 3 rings (SSSR count). The van der Waals surface area contributed by atoms with Crippen molar-refractivity contribution in [2.75, 3.05) is 13.2 Å². The van der Waals surface area contributed by atoms with Crippen molar-refractivity contribution in [2.24, 2.45) is 0 Å². The second kappa shape index (κ2) is 9.35. The van der Waals surface area contributed by atoms with Gasteiger partial charge in [-0.2, -0.15) is 0 Å². The van der Waals surface area contributed by atoms with Gasteiger partial charge in [-0.05, 0) is 29.7 Å². The highest BCUT2D eigenvalue weighted by Gasteiger charge is 2.17. The first-order valence-corrected chi connectivity index (χ1v) is 9.28. The van der Waals surface area contributed by atoms with Gasteiger partial charge in [0.1, 0.15) is 18.5 Å². The minimum Gasteiger partial charge on any atom is -0.487 e. The molecule has 0 fully saturated rings. The number of unbranched alkanes of at least 4 members (excludes halogenated alkanes) is 1. The van der Waals surface area contributed by atoms with Crippen LogP contribution in [0, 0.1) is 0 Å². The summed E-state index contributed by atoms with van der Waals surface area (Å²) in [6.45, 7) is 2.96. The molecule has 0 aliphatic carbocycles. The van der Waals surface area contributed by atoms with Crippen molar-refractivity contribution < 1.29 is 14.6 Å². The van der Waals surface area contributed by atoms with E-state index in [4.69, 9.17) is 9.47 Å². The Morgan fingerprint density at radius 2 is 1.89 bits per heavy atom. The molecule has 0 aliphatic rings. The van der Waals surface area contributed by atoms with Crippen LogP contribution in [-0.2, 0) is 11.3 Å². The van der Waals surface area contributed by atoms with E-state index in [0.717, 1.165) is 29.4 Å². The van der Waals surface area contributed by atoms with E-state index in [0.29, 0.717) is 24.5 Å². The third kappa shape index (κ3) is 4.76. The van der Waals surface area contributed by atoms with Crippen molar-refractivity contribution in [2.45, 2.75) is 32.5 Å². The molecule has 1 atom stereocenters. The van der Waals surface area contributed by atoms with Crippen molar-refractivity contribution in [3.05, 3.63) is 76.1 Å². The third-order valence-electron chi connectivity index (χ3n) is 4.46. The molecule has 0 saturated carbocycles. The molecule has 0 spiro atoms. The number of H-pyrrole nitrogens is 1. The predicted octanol–water partition coefficient (Wildman–Crippen LogP) is 3.96. The summed E-state index contributed by atoms with van der Waals surface area (Å²) in [5.74, 6) is 0.598. The van der Waals surface area contributed by atoms with Crippen molar-refractivity contribution in [3.8, 4) is 5.75 Å². The molecule has 2 aromatic carbocycles. The Hall–Kier alpha value is -2.63. The van der Waals surface area contributed by atoms with E-state index >= 15 is 0 Å². The highest BCUT2D eigenvalue weighted by molar-refractivity contribution is 5.87. The normalized spacial score (nSPS) is 12.2. The average molecular weight is 367 g/mol. The van der Waals surface area contributed by atoms with Crippen molar-refractivity contribution in [1.29, 1.82) is 0 Å². The Morgan fingerprint density at radius 3 is 2.63 bits per heavy atom. The van der Waals surface area contributed by atoms with Gasteiger partial charge < -0.3 is 19.6 Å². The number of aromatic nitrogens is 1. The molecule has 27 heavy (non-hydrogen) atoms. The number of aliphatic hydroxyl groups is 1. The summed E-state index contributed by atoms with van der Waals surface area (Å²) in [7, 11) is 0. The van der Waals surface area contributed by atoms with Crippen LogP contribution in [0.25, 0.3) is 10.9 Å². The molecule has 1 aromatic heterocycles. The van der Waals surface area contributed by atoms with Crippen LogP contribution in [0.4, 0.5) is 0 Å². The van der Waals surface area contributed by atoms with Gasteiger partial charge in [0.05, 0.1) is 12.1 Å². The molecular formula is C22H25NO4. The fourth-order valence-corrected chi connectivity index (χ4v) is 3.00. The first kappa shape index (κ1) is 19.1. The molecule has 0 unspecified atom stereocenters. The second-order valence-corrected chi connectivity index (χ2v) is 6.43. The first-order chi connectivity index (χ1) is 13.2.